The lowest BCUT2D eigenvalue weighted by Crippen LogP contribution is -2.35. The number of hydrogen-bond acceptors (Lipinski definition) is 3. The van der Waals surface area contributed by atoms with Crippen molar-refractivity contribution < 1.29 is 0 Å². The topological polar surface area (TPSA) is 24.9 Å². The van der Waals surface area contributed by atoms with Crippen LogP contribution in [0.3, 0.4) is 0 Å². The van der Waals surface area contributed by atoms with Gasteiger partial charge in [-0.05, 0) is 49.8 Å². The molecule has 3 rings (SSSR count). The van der Waals surface area contributed by atoms with Crippen molar-refractivity contribution in [1.29, 1.82) is 0 Å². The van der Waals surface area contributed by atoms with Crippen LogP contribution in [0.15, 0.2) is 29.6 Å². The van der Waals surface area contributed by atoms with Gasteiger partial charge >= 0.3 is 0 Å². The van der Waals surface area contributed by atoms with Crippen molar-refractivity contribution in [2.75, 3.05) is 6.54 Å². The Morgan fingerprint density at radius 3 is 2.95 bits per heavy atom. The first kappa shape index (κ1) is 14.7. The number of rotatable bonds is 7. The Kier molecular flexibility index (Phi) is 4.71. The molecule has 1 aromatic heterocycles. The van der Waals surface area contributed by atoms with Crippen LogP contribution in [0.4, 0.5) is 0 Å². The normalized spacial score (nSPS) is 18.1. The van der Waals surface area contributed by atoms with Gasteiger partial charge in [-0.3, -0.25) is 0 Å². The van der Waals surface area contributed by atoms with Gasteiger partial charge in [-0.1, -0.05) is 31.2 Å². The Labute approximate surface area is 131 Å². The molecule has 0 aliphatic heterocycles. The van der Waals surface area contributed by atoms with Crippen LogP contribution in [0.25, 0.3) is 0 Å². The Bertz CT molecular complexity index is 590. The Hall–Kier alpha value is -1.19. The van der Waals surface area contributed by atoms with E-state index in [1.54, 1.807) is 22.5 Å². The highest BCUT2D eigenvalue weighted by Gasteiger charge is 2.28. The smallest absolute Gasteiger partial charge is 0.0943 e. The lowest BCUT2D eigenvalue weighted by atomic mass is 9.74. The van der Waals surface area contributed by atoms with Gasteiger partial charge in [0.2, 0.25) is 0 Å². The number of aromatic nitrogens is 1. The fourth-order valence-electron chi connectivity index (χ4n) is 3.21. The molecular formula is C18H24N2S. The summed E-state index contributed by atoms with van der Waals surface area (Å²) in [7, 11) is 0. The molecule has 1 aliphatic carbocycles. The average Bonchev–Trinajstić information content (AvgIpc) is 2.87. The molecule has 2 nitrogen and oxygen atoms in total. The van der Waals surface area contributed by atoms with Gasteiger partial charge in [-0.15, -0.1) is 11.3 Å². The van der Waals surface area contributed by atoms with E-state index in [9.17, 15) is 0 Å². The van der Waals surface area contributed by atoms with Crippen LogP contribution in [0, 0.1) is 6.92 Å². The zero-order valence-corrected chi connectivity index (χ0v) is 13.7. The summed E-state index contributed by atoms with van der Waals surface area (Å²) in [6.45, 7) is 5.41. The van der Waals surface area contributed by atoms with Gasteiger partial charge in [0.25, 0.3) is 0 Å². The fourth-order valence-corrected chi connectivity index (χ4v) is 4.06. The second-order valence-corrected chi connectivity index (χ2v) is 7.02. The highest BCUT2D eigenvalue weighted by atomic mass is 32.1. The first-order valence-electron chi connectivity index (χ1n) is 7.98. The van der Waals surface area contributed by atoms with E-state index in [4.69, 9.17) is 0 Å². The monoisotopic (exact) mass is 300 g/mol. The summed E-state index contributed by atoms with van der Waals surface area (Å²) in [6, 6.07) is 9.44. The molecule has 0 fully saturated rings. The van der Waals surface area contributed by atoms with E-state index in [2.05, 4.69) is 53.8 Å². The van der Waals surface area contributed by atoms with Gasteiger partial charge in [0.05, 0.1) is 5.01 Å². The van der Waals surface area contributed by atoms with Crippen molar-refractivity contribution in [2.45, 2.75) is 51.5 Å². The lowest BCUT2D eigenvalue weighted by molar-refractivity contribution is 0.415. The fraction of sp³-hybridized carbons (Fsp3) is 0.500. The van der Waals surface area contributed by atoms with E-state index >= 15 is 0 Å². The average molecular weight is 300 g/mol. The van der Waals surface area contributed by atoms with Crippen molar-refractivity contribution in [3.8, 4) is 0 Å². The predicted molar refractivity (Wildman–Crippen MR) is 90.1 cm³/mol. The first-order chi connectivity index (χ1) is 10.3. The van der Waals surface area contributed by atoms with Gasteiger partial charge in [-0.25, -0.2) is 4.98 Å². The summed E-state index contributed by atoms with van der Waals surface area (Å²) in [5.41, 5.74) is 4.26. The van der Waals surface area contributed by atoms with E-state index < -0.39 is 0 Å². The van der Waals surface area contributed by atoms with Crippen LogP contribution in [0.2, 0.25) is 0 Å². The summed E-state index contributed by atoms with van der Waals surface area (Å²) in [5.74, 6) is 0.733. The lowest BCUT2D eigenvalue weighted by Gasteiger charge is -2.33. The van der Waals surface area contributed by atoms with Gasteiger partial charge in [0.1, 0.15) is 0 Å². The molecule has 1 aromatic carbocycles. The van der Waals surface area contributed by atoms with Crippen molar-refractivity contribution >= 4 is 11.3 Å². The SMILES string of the molecule is CCCNC(Cc1nc(C)cs1)CC1Cc2ccccc21. The minimum atomic E-state index is 0.550. The molecule has 2 unspecified atom stereocenters. The number of nitrogens with zero attached hydrogens (tertiary/aromatic N) is 1. The molecular weight excluding hydrogens is 276 g/mol. The molecule has 112 valence electrons. The number of hydrogen-bond donors (Lipinski definition) is 1. The molecule has 2 aromatic rings. The Morgan fingerprint density at radius 1 is 1.38 bits per heavy atom. The molecule has 0 radical (unpaired) electrons. The molecule has 1 aliphatic rings. The maximum Gasteiger partial charge on any atom is 0.0943 e. The summed E-state index contributed by atoms with van der Waals surface area (Å²) in [4.78, 5) is 4.63. The van der Waals surface area contributed by atoms with Gasteiger partial charge in [-0.2, -0.15) is 0 Å². The number of benzene rings is 1. The van der Waals surface area contributed by atoms with Crippen molar-refractivity contribution in [3.63, 3.8) is 0 Å². The molecule has 0 amide bonds. The number of aryl methyl sites for hydroxylation is 1. The van der Waals surface area contributed by atoms with Crippen molar-refractivity contribution in [2.24, 2.45) is 0 Å². The number of fused-ring (bicyclic) bond motifs is 1. The van der Waals surface area contributed by atoms with Crippen LogP contribution in [0.5, 0.6) is 0 Å². The standard InChI is InChI=1S/C18H24N2S/c1-3-8-19-16(11-18-20-13(2)12-21-18)10-15-9-14-6-4-5-7-17(14)15/h4-7,12,15-16,19H,3,8-11H2,1-2H3. The molecule has 0 saturated carbocycles. The van der Waals surface area contributed by atoms with Crippen molar-refractivity contribution in [1.82, 2.24) is 10.3 Å². The van der Waals surface area contributed by atoms with Crippen molar-refractivity contribution in [3.05, 3.63) is 51.5 Å². The zero-order valence-electron chi connectivity index (χ0n) is 12.9. The summed E-state index contributed by atoms with van der Waals surface area (Å²) in [5, 5.41) is 7.15. The Balaban J connectivity index is 1.63. The van der Waals surface area contributed by atoms with Crippen LogP contribution < -0.4 is 5.32 Å². The highest BCUT2D eigenvalue weighted by Crippen LogP contribution is 2.38. The van der Waals surface area contributed by atoms with Gasteiger partial charge in [0.15, 0.2) is 0 Å². The van der Waals surface area contributed by atoms with Crippen LogP contribution in [-0.2, 0) is 12.8 Å². The maximum atomic E-state index is 4.63. The van der Waals surface area contributed by atoms with Crippen LogP contribution in [0.1, 0.15) is 47.5 Å². The van der Waals surface area contributed by atoms with E-state index in [1.807, 2.05) is 0 Å². The molecule has 21 heavy (non-hydrogen) atoms. The summed E-state index contributed by atoms with van der Waals surface area (Å²) >= 11 is 1.80. The first-order valence-corrected chi connectivity index (χ1v) is 8.86. The zero-order chi connectivity index (χ0) is 14.7. The quantitative estimate of drug-likeness (QED) is 0.833. The van der Waals surface area contributed by atoms with Crippen LogP contribution in [-0.4, -0.2) is 17.6 Å². The second kappa shape index (κ2) is 6.71. The molecule has 1 N–H and O–H groups in total. The molecule has 3 heteroatoms. The van der Waals surface area contributed by atoms with Gasteiger partial charge < -0.3 is 5.32 Å². The number of thiazole rings is 1. The van der Waals surface area contributed by atoms with E-state index in [0.717, 1.165) is 24.6 Å². The largest absolute Gasteiger partial charge is 0.314 e. The van der Waals surface area contributed by atoms with E-state index in [-0.39, 0.29) is 0 Å². The summed E-state index contributed by atoms with van der Waals surface area (Å²) in [6.07, 6.45) is 4.73. The maximum absolute atomic E-state index is 4.63. The molecule has 2 atom stereocenters. The highest BCUT2D eigenvalue weighted by molar-refractivity contribution is 7.09. The Morgan fingerprint density at radius 2 is 2.24 bits per heavy atom. The van der Waals surface area contributed by atoms with E-state index in [0.29, 0.717) is 6.04 Å². The van der Waals surface area contributed by atoms with E-state index in [1.165, 1.54) is 24.3 Å². The predicted octanol–water partition coefficient (Wildman–Crippen LogP) is 4.09. The number of nitrogens with one attached hydrogen (secondary N) is 1. The molecule has 0 spiro atoms. The summed E-state index contributed by atoms with van der Waals surface area (Å²) < 4.78 is 0. The van der Waals surface area contributed by atoms with Gasteiger partial charge in [0, 0.05) is 23.5 Å². The third-order valence-electron chi connectivity index (χ3n) is 4.30. The minimum Gasteiger partial charge on any atom is -0.314 e. The molecule has 0 bridgehead atoms. The third-order valence-corrected chi connectivity index (χ3v) is 5.29. The van der Waals surface area contributed by atoms with Crippen LogP contribution >= 0.6 is 11.3 Å². The minimum absolute atomic E-state index is 0.550. The molecule has 1 heterocycles. The second-order valence-electron chi connectivity index (χ2n) is 6.07. The third kappa shape index (κ3) is 3.53. The molecule has 0 saturated heterocycles.